The van der Waals surface area contributed by atoms with Crippen molar-refractivity contribution >= 4 is 23.9 Å². The number of carbonyl (C=O) groups is 4. The van der Waals surface area contributed by atoms with Gasteiger partial charge in [0.2, 0.25) is 11.8 Å². The van der Waals surface area contributed by atoms with Crippen molar-refractivity contribution in [1.82, 2.24) is 20.1 Å². The predicted molar refractivity (Wildman–Crippen MR) is 174 cm³/mol. The Kier molecular flexibility index (Phi) is 13.7. The molecule has 1 aromatic heterocycles. The maximum absolute atomic E-state index is 13.6. The van der Waals surface area contributed by atoms with Gasteiger partial charge in [0.05, 0.1) is 37.7 Å². The van der Waals surface area contributed by atoms with Crippen LogP contribution in [0.2, 0.25) is 0 Å². The van der Waals surface area contributed by atoms with Gasteiger partial charge in [0.1, 0.15) is 17.0 Å². The topological polar surface area (TPSA) is 176 Å². The molecule has 3 amide bonds. The second kappa shape index (κ2) is 17.2. The fraction of sp³-hybridized carbons (Fsp3) is 0.727. The second-order valence-electron chi connectivity index (χ2n) is 14.2. The number of nitrogens with one attached hydrogen (secondary N) is 1. The number of hydrogen-bond acceptors (Lipinski definition) is 9. The first-order valence-electron chi connectivity index (χ1n) is 16.5. The summed E-state index contributed by atoms with van der Waals surface area (Å²) in [5.41, 5.74) is 7.81. The standard InChI is InChI=1S/C33H51N7O7/c1-32(2,3)46-29(42)19-27(25-18-26(21-35-20-25)45-17-13-36-38-34)37-30(43)24-8-7-14-40(22-24)28(41)10-9-23-11-15-39(16-12-23)31(44)47-33(4,5)6/h18,20-21,23-24,27H,7-17,19,22H2,1-6H3,(H,37,43)/t24-,27?/m1/s1. The molecule has 3 heterocycles. The molecule has 0 aromatic carbocycles. The molecule has 2 atom stereocenters. The highest BCUT2D eigenvalue weighted by Crippen LogP contribution is 2.27. The van der Waals surface area contributed by atoms with Crippen LogP contribution in [0.3, 0.4) is 0 Å². The quantitative estimate of drug-likeness (QED) is 0.103. The highest BCUT2D eigenvalue weighted by Gasteiger charge is 2.32. The zero-order valence-corrected chi connectivity index (χ0v) is 28.7. The van der Waals surface area contributed by atoms with Gasteiger partial charge in [-0.25, -0.2) is 4.79 Å². The number of piperidine rings is 2. The smallest absolute Gasteiger partial charge is 0.410 e. The first-order valence-corrected chi connectivity index (χ1v) is 16.5. The Hall–Kier alpha value is -4.06. The summed E-state index contributed by atoms with van der Waals surface area (Å²) in [6.45, 7) is 13.3. The van der Waals surface area contributed by atoms with E-state index in [2.05, 4.69) is 20.3 Å². The third-order valence-corrected chi connectivity index (χ3v) is 7.94. The first kappa shape index (κ1) is 37.4. The zero-order chi connectivity index (χ0) is 34.6. The van der Waals surface area contributed by atoms with E-state index in [1.54, 1.807) is 42.8 Å². The van der Waals surface area contributed by atoms with Crippen LogP contribution < -0.4 is 10.1 Å². The second-order valence-corrected chi connectivity index (χ2v) is 14.2. The van der Waals surface area contributed by atoms with E-state index in [4.69, 9.17) is 19.7 Å². The van der Waals surface area contributed by atoms with Gasteiger partial charge in [-0.1, -0.05) is 5.11 Å². The molecule has 1 unspecified atom stereocenters. The van der Waals surface area contributed by atoms with Crippen molar-refractivity contribution in [3.8, 4) is 5.75 Å². The van der Waals surface area contributed by atoms with Crippen LogP contribution >= 0.6 is 0 Å². The van der Waals surface area contributed by atoms with Gasteiger partial charge in [-0.15, -0.1) is 0 Å². The number of likely N-dealkylation sites (tertiary alicyclic amines) is 2. The fourth-order valence-electron chi connectivity index (χ4n) is 5.68. The summed E-state index contributed by atoms with van der Waals surface area (Å²) in [6.07, 6.45) is 6.75. The number of hydrogen-bond donors (Lipinski definition) is 1. The number of amides is 3. The Morgan fingerprint density at radius 1 is 1.02 bits per heavy atom. The highest BCUT2D eigenvalue weighted by molar-refractivity contribution is 5.82. The van der Waals surface area contributed by atoms with Crippen LogP contribution in [0.5, 0.6) is 5.75 Å². The number of pyridine rings is 1. The fourth-order valence-corrected chi connectivity index (χ4v) is 5.68. The van der Waals surface area contributed by atoms with Crippen molar-refractivity contribution in [2.24, 2.45) is 17.0 Å². The minimum atomic E-state index is -0.733. The maximum Gasteiger partial charge on any atom is 0.410 e. The molecule has 0 bridgehead atoms. The Balaban J connectivity index is 1.57. The van der Waals surface area contributed by atoms with E-state index in [9.17, 15) is 19.2 Å². The Morgan fingerprint density at radius 3 is 2.38 bits per heavy atom. The molecular weight excluding hydrogens is 606 g/mol. The number of esters is 1. The molecule has 3 rings (SSSR count). The third-order valence-electron chi connectivity index (χ3n) is 7.94. The van der Waals surface area contributed by atoms with Crippen LogP contribution in [0.4, 0.5) is 4.79 Å². The Bertz CT molecular complexity index is 1280. The monoisotopic (exact) mass is 657 g/mol. The largest absolute Gasteiger partial charge is 0.492 e. The average molecular weight is 658 g/mol. The molecule has 47 heavy (non-hydrogen) atoms. The zero-order valence-electron chi connectivity index (χ0n) is 28.7. The van der Waals surface area contributed by atoms with Crippen molar-refractivity contribution in [2.75, 3.05) is 39.3 Å². The molecule has 2 saturated heterocycles. The lowest BCUT2D eigenvalue weighted by Gasteiger charge is -2.35. The molecule has 1 N–H and O–H groups in total. The van der Waals surface area contributed by atoms with Crippen molar-refractivity contribution in [3.05, 3.63) is 34.5 Å². The Morgan fingerprint density at radius 2 is 1.72 bits per heavy atom. The normalized spacial score (nSPS) is 18.0. The van der Waals surface area contributed by atoms with E-state index in [0.717, 1.165) is 19.3 Å². The molecule has 2 aliphatic rings. The van der Waals surface area contributed by atoms with E-state index < -0.39 is 29.1 Å². The molecular formula is C33H51N7O7. The number of carbonyl (C=O) groups excluding carboxylic acids is 4. The molecule has 14 nitrogen and oxygen atoms in total. The number of aromatic nitrogens is 1. The molecule has 0 radical (unpaired) electrons. The van der Waals surface area contributed by atoms with E-state index in [0.29, 0.717) is 62.7 Å². The van der Waals surface area contributed by atoms with Crippen LogP contribution in [0.1, 0.15) is 98.1 Å². The summed E-state index contributed by atoms with van der Waals surface area (Å²) in [7, 11) is 0. The van der Waals surface area contributed by atoms with Gasteiger partial charge in [-0.3, -0.25) is 19.4 Å². The molecule has 0 saturated carbocycles. The van der Waals surface area contributed by atoms with Crippen molar-refractivity contribution in [3.63, 3.8) is 0 Å². The van der Waals surface area contributed by atoms with Gasteiger partial charge in [0.15, 0.2) is 0 Å². The van der Waals surface area contributed by atoms with Gasteiger partial charge in [-0.2, -0.15) is 0 Å². The average Bonchev–Trinajstić information content (AvgIpc) is 3.00. The number of rotatable bonds is 12. The summed E-state index contributed by atoms with van der Waals surface area (Å²) in [4.78, 5) is 62.4. The summed E-state index contributed by atoms with van der Waals surface area (Å²) in [5.74, 6) is -0.374. The molecule has 14 heteroatoms. The number of ether oxygens (including phenoxy) is 3. The predicted octanol–water partition coefficient (Wildman–Crippen LogP) is 5.33. The van der Waals surface area contributed by atoms with Crippen LogP contribution in [0, 0.1) is 11.8 Å². The summed E-state index contributed by atoms with van der Waals surface area (Å²) in [5, 5.41) is 6.46. The van der Waals surface area contributed by atoms with Gasteiger partial charge >= 0.3 is 12.1 Å². The molecule has 0 spiro atoms. The lowest BCUT2D eigenvalue weighted by atomic mass is 9.91. The van der Waals surface area contributed by atoms with Gasteiger partial charge < -0.3 is 29.3 Å². The van der Waals surface area contributed by atoms with E-state index in [1.165, 1.54) is 6.20 Å². The number of nitrogens with zero attached hydrogens (tertiary/aromatic N) is 6. The minimum Gasteiger partial charge on any atom is -0.492 e. The third kappa shape index (κ3) is 13.3. The van der Waals surface area contributed by atoms with Crippen molar-refractivity contribution in [2.45, 2.75) is 104 Å². The SMILES string of the molecule is CC(C)(C)OC(=O)CC(NC(=O)[C@@H]1CCCN(C(=O)CCC2CCN(C(=O)OC(C)(C)C)CC2)C1)c1cncc(OCCN=[N+]=[N-])c1. The lowest BCUT2D eigenvalue weighted by molar-refractivity contribution is -0.155. The van der Waals surface area contributed by atoms with Crippen molar-refractivity contribution in [1.29, 1.82) is 0 Å². The summed E-state index contributed by atoms with van der Waals surface area (Å²) < 4.78 is 16.6. The van der Waals surface area contributed by atoms with Gasteiger partial charge in [0.25, 0.3) is 0 Å². The van der Waals surface area contributed by atoms with E-state index in [-0.39, 0.29) is 37.5 Å². The molecule has 2 aliphatic heterocycles. The number of azide groups is 1. The lowest BCUT2D eigenvalue weighted by Crippen LogP contribution is -2.46. The van der Waals surface area contributed by atoms with Crippen LogP contribution in [0.15, 0.2) is 23.6 Å². The van der Waals surface area contributed by atoms with Crippen molar-refractivity contribution < 1.29 is 33.4 Å². The maximum atomic E-state index is 13.6. The summed E-state index contributed by atoms with van der Waals surface area (Å²) in [6, 6.07) is 0.954. The summed E-state index contributed by atoms with van der Waals surface area (Å²) >= 11 is 0. The minimum absolute atomic E-state index is 0.0251. The Labute approximate surface area is 277 Å². The molecule has 0 aliphatic carbocycles. The van der Waals surface area contributed by atoms with Gasteiger partial charge in [0, 0.05) is 43.7 Å². The van der Waals surface area contributed by atoms with E-state index in [1.807, 2.05) is 20.8 Å². The molecule has 260 valence electrons. The molecule has 2 fully saturated rings. The van der Waals surface area contributed by atoms with Crippen LogP contribution in [0.25, 0.3) is 10.4 Å². The highest BCUT2D eigenvalue weighted by atomic mass is 16.6. The van der Waals surface area contributed by atoms with E-state index >= 15 is 0 Å². The van der Waals surface area contributed by atoms with Gasteiger partial charge in [-0.05, 0) is 96.7 Å². The van der Waals surface area contributed by atoms with Crippen LogP contribution in [-0.4, -0.2) is 89.2 Å². The first-order chi connectivity index (χ1) is 22.1. The molecule has 1 aromatic rings. The van der Waals surface area contributed by atoms with Crippen LogP contribution in [-0.2, 0) is 23.9 Å².